The van der Waals surface area contributed by atoms with Crippen LogP contribution < -0.4 is 5.32 Å². The van der Waals surface area contributed by atoms with Gasteiger partial charge in [0.05, 0.1) is 5.75 Å². The van der Waals surface area contributed by atoms with Crippen LogP contribution in [0.1, 0.15) is 19.8 Å². The highest BCUT2D eigenvalue weighted by atomic mass is 32.2. The van der Waals surface area contributed by atoms with Crippen LogP contribution in [0.4, 0.5) is 0 Å². The molecular formula is C8H17NO2S. The standard InChI is InChI=1S/C8H17NO2S/c1-3-12(10,11)6-8(9-2)7-4-5-7/h7-9H,3-6H2,1-2H3. The Balaban J connectivity index is 2.46. The van der Waals surface area contributed by atoms with Crippen molar-refractivity contribution in [2.75, 3.05) is 18.6 Å². The highest BCUT2D eigenvalue weighted by molar-refractivity contribution is 7.91. The molecule has 1 rings (SSSR count). The summed E-state index contributed by atoms with van der Waals surface area (Å²) >= 11 is 0. The van der Waals surface area contributed by atoms with Gasteiger partial charge in [-0.2, -0.15) is 0 Å². The third-order valence-corrected chi connectivity index (χ3v) is 4.18. The number of nitrogens with one attached hydrogen (secondary N) is 1. The van der Waals surface area contributed by atoms with Crippen LogP contribution in [-0.2, 0) is 9.84 Å². The summed E-state index contributed by atoms with van der Waals surface area (Å²) in [6.07, 6.45) is 2.37. The van der Waals surface area contributed by atoms with E-state index in [1.165, 1.54) is 12.8 Å². The lowest BCUT2D eigenvalue weighted by Crippen LogP contribution is -2.35. The van der Waals surface area contributed by atoms with Crippen molar-refractivity contribution < 1.29 is 8.42 Å². The largest absolute Gasteiger partial charge is 0.316 e. The molecule has 0 heterocycles. The lowest BCUT2D eigenvalue weighted by atomic mass is 10.2. The molecule has 1 aliphatic rings. The first kappa shape index (κ1) is 9.99. The topological polar surface area (TPSA) is 46.2 Å². The second-order valence-electron chi connectivity index (χ2n) is 3.43. The summed E-state index contributed by atoms with van der Waals surface area (Å²) in [6, 6.07) is 0.190. The van der Waals surface area contributed by atoms with E-state index in [1.54, 1.807) is 6.92 Å². The van der Waals surface area contributed by atoms with E-state index in [0.717, 1.165) is 0 Å². The van der Waals surface area contributed by atoms with Crippen LogP contribution in [0.3, 0.4) is 0 Å². The monoisotopic (exact) mass is 191 g/mol. The van der Waals surface area contributed by atoms with Gasteiger partial charge in [-0.15, -0.1) is 0 Å². The first-order chi connectivity index (χ1) is 5.59. The van der Waals surface area contributed by atoms with Gasteiger partial charge in [0, 0.05) is 11.8 Å². The van der Waals surface area contributed by atoms with Gasteiger partial charge in [0.1, 0.15) is 0 Å². The molecule has 1 saturated carbocycles. The normalized spacial score (nSPS) is 20.8. The molecule has 0 aromatic carbocycles. The van der Waals surface area contributed by atoms with Gasteiger partial charge in [0.15, 0.2) is 9.84 Å². The zero-order valence-electron chi connectivity index (χ0n) is 7.71. The summed E-state index contributed by atoms with van der Waals surface area (Å²) < 4.78 is 22.5. The van der Waals surface area contributed by atoms with Crippen molar-refractivity contribution in [2.45, 2.75) is 25.8 Å². The van der Waals surface area contributed by atoms with E-state index >= 15 is 0 Å². The van der Waals surface area contributed by atoms with Gasteiger partial charge in [-0.1, -0.05) is 6.92 Å². The third-order valence-electron chi connectivity index (χ3n) is 2.44. The molecule has 12 heavy (non-hydrogen) atoms. The second-order valence-corrected chi connectivity index (χ2v) is 5.83. The van der Waals surface area contributed by atoms with Crippen molar-refractivity contribution in [3.63, 3.8) is 0 Å². The summed E-state index contributed by atoms with van der Waals surface area (Å²) in [7, 11) is -0.957. The fourth-order valence-electron chi connectivity index (χ4n) is 1.35. The first-order valence-electron chi connectivity index (χ1n) is 4.46. The zero-order chi connectivity index (χ0) is 9.19. The summed E-state index contributed by atoms with van der Waals surface area (Å²) in [5, 5.41) is 3.08. The molecule has 1 aliphatic carbocycles. The average molecular weight is 191 g/mol. The molecule has 1 unspecified atom stereocenters. The van der Waals surface area contributed by atoms with E-state index in [4.69, 9.17) is 0 Å². The van der Waals surface area contributed by atoms with Crippen LogP contribution in [0.25, 0.3) is 0 Å². The van der Waals surface area contributed by atoms with Crippen molar-refractivity contribution in [3.8, 4) is 0 Å². The SMILES string of the molecule is CCS(=O)(=O)CC(NC)C1CC1. The molecule has 0 aromatic heterocycles. The summed E-state index contributed by atoms with van der Waals surface area (Å²) in [4.78, 5) is 0. The Morgan fingerprint density at radius 2 is 2.08 bits per heavy atom. The van der Waals surface area contributed by atoms with Gasteiger partial charge in [-0.3, -0.25) is 0 Å². The van der Waals surface area contributed by atoms with Gasteiger partial charge in [-0.25, -0.2) is 8.42 Å². The lowest BCUT2D eigenvalue weighted by Gasteiger charge is -2.14. The number of hydrogen-bond acceptors (Lipinski definition) is 3. The molecule has 1 fully saturated rings. The average Bonchev–Trinajstić information content (AvgIpc) is 2.83. The predicted molar refractivity (Wildman–Crippen MR) is 49.9 cm³/mol. The minimum Gasteiger partial charge on any atom is -0.316 e. The minimum absolute atomic E-state index is 0.190. The van der Waals surface area contributed by atoms with Gasteiger partial charge in [0.25, 0.3) is 0 Å². The van der Waals surface area contributed by atoms with Crippen molar-refractivity contribution >= 4 is 9.84 Å². The molecule has 72 valence electrons. The molecular weight excluding hydrogens is 174 g/mol. The van der Waals surface area contributed by atoms with Gasteiger partial charge in [-0.05, 0) is 25.8 Å². The molecule has 0 saturated heterocycles. The van der Waals surface area contributed by atoms with Crippen LogP contribution >= 0.6 is 0 Å². The van der Waals surface area contributed by atoms with E-state index < -0.39 is 9.84 Å². The maximum atomic E-state index is 11.3. The zero-order valence-corrected chi connectivity index (χ0v) is 8.52. The Morgan fingerprint density at radius 1 is 1.50 bits per heavy atom. The van der Waals surface area contributed by atoms with Crippen molar-refractivity contribution in [1.82, 2.24) is 5.32 Å². The Labute approximate surface area is 74.5 Å². The molecule has 0 spiro atoms. The quantitative estimate of drug-likeness (QED) is 0.685. The smallest absolute Gasteiger partial charge is 0.151 e. The van der Waals surface area contributed by atoms with E-state index in [9.17, 15) is 8.42 Å². The first-order valence-corrected chi connectivity index (χ1v) is 6.29. The number of hydrogen-bond donors (Lipinski definition) is 1. The number of rotatable bonds is 5. The Hall–Kier alpha value is -0.0900. The highest BCUT2D eigenvalue weighted by Gasteiger charge is 2.32. The molecule has 4 heteroatoms. The summed E-state index contributed by atoms with van der Waals surface area (Å²) in [5.74, 6) is 1.18. The van der Waals surface area contributed by atoms with Crippen molar-refractivity contribution in [3.05, 3.63) is 0 Å². The maximum Gasteiger partial charge on any atom is 0.151 e. The lowest BCUT2D eigenvalue weighted by molar-refractivity contribution is 0.528. The highest BCUT2D eigenvalue weighted by Crippen LogP contribution is 2.33. The molecule has 3 nitrogen and oxygen atoms in total. The minimum atomic E-state index is -2.80. The summed E-state index contributed by atoms with van der Waals surface area (Å²) in [6.45, 7) is 1.70. The van der Waals surface area contributed by atoms with Crippen LogP contribution in [0.5, 0.6) is 0 Å². The molecule has 0 aromatic rings. The third kappa shape index (κ3) is 2.75. The molecule has 1 N–H and O–H groups in total. The van der Waals surface area contributed by atoms with Crippen molar-refractivity contribution in [2.24, 2.45) is 5.92 Å². The van der Waals surface area contributed by atoms with E-state index in [-0.39, 0.29) is 11.8 Å². The van der Waals surface area contributed by atoms with E-state index in [0.29, 0.717) is 11.7 Å². The van der Waals surface area contributed by atoms with E-state index in [1.807, 2.05) is 7.05 Å². The Morgan fingerprint density at radius 3 is 2.42 bits per heavy atom. The van der Waals surface area contributed by atoms with Crippen LogP contribution in [0, 0.1) is 5.92 Å². The predicted octanol–water partition coefficient (Wildman–Crippen LogP) is 0.419. The Bertz CT molecular complexity index is 231. The van der Waals surface area contributed by atoms with Gasteiger partial charge < -0.3 is 5.32 Å². The fourth-order valence-corrected chi connectivity index (χ4v) is 2.57. The molecule has 1 atom stereocenters. The van der Waals surface area contributed by atoms with Crippen molar-refractivity contribution in [1.29, 1.82) is 0 Å². The molecule has 0 aliphatic heterocycles. The molecule has 0 radical (unpaired) electrons. The van der Waals surface area contributed by atoms with Crippen LogP contribution in [0.15, 0.2) is 0 Å². The fraction of sp³-hybridized carbons (Fsp3) is 1.00. The summed E-state index contributed by atoms with van der Waals surface area (Å²) in [5.41, 5.74) is 0. The van der Waals surface area contributed by atoms with E-state index in [2.05, 4.69) is 5.32 Å². The van der Waals surface area contributed by atoms with Crippen LogP contribution in [0.2, 0.25) is 0 Å². The number of sulfone groups is 1. The second kappa shape index (κ2) is 3.75. The molecule has 0 amide bonds. The van der Waals surface area contributed by atoms with Crippen LogP contribution in [-0.4, -0.2) is 33.0 Å². The molecule has 0 bridgehead atoms. The maximum absolute atomic E-state index is 11.3. The van der Waals surface area contributed by atoms with Gasteiger partial charge in [0.2, 0.25) is 0 Å². The Kier molecular flexibility index (Phi) is 3.12. The van der Waals surface area contributed by atoms with Gasteiger partial charge >= 0.3 is 0 Å².